The first-order valence-electron chi connectivity index (χ1n) is 3.13. The molecular formula is C8H7ClFO. The Kier molecular flexibility index (Phi) is 2.85. The lowest BCUT2D eigenvalue weighted by atomic mass is 10.2. The Hall–Kier alpha value is -0.600. The third kappa shape index (κ3) is 2.17. The van der Waals surface area contributed by atoms with Crippen LogP contribution in [0.3, 0.4) is 0 Å². The molecular weight excluding hydrogens is 167 g/mol. The van der Waals surface area contributed by atoms with Crippen LogP contribution < -0.4 is 0 Å². The Labute approximate surface area is 69.4 Å². The number of rotatable bonds is 2. The van der Waals surface area contributed by atoms with Crippen LogP contribution in [0.4, 0.5) is 4.39 Å². The average molecular weight is 174 g/mol. The predicted molar refractivity (Wildman–Crippen MR) is 41.9 cm³/mol. The number of hydrogen-bond donors (Lipinski definition) is 1. The summed E-state index contributed by atoms with van der Waals surface area (Å²) in [6.45, 7) is -0.0675. The van der Waals surface area contributed by atoms with Gasteiger partial charge in [0.25, 0.3) is 0 Å². The van der Waals surface area contributed by atoms with Crippen LogP contribution in [0.5, 0.6) is 0 Å². The Morgan fingerprint density at radius 2 is 2.27 bits per heavy atom. The molecule has 1 N–H and O–H groups in total. The van der Waals surface area contributed by atoms with Gasteiger partial charge in [0.05, 0.1) is 11.6 Å². The summed E-state index contributed by atoms with van der Waals surface area (Å²) in [5.74, 6) is -0.443. The van der Waals surface area contributed by atoms with Crippen molar-refractivity contribution in [3.05, 3.63) is 41.0 Å². The highest BCUT2D eigenvalue weighted by atomic mass is 35.5. The van der Waals surface area contributed by atoms with Crippen molar-refractivity contribution in [1.29, 1.82) is 0 Å². The molecule has 11 heavy (non-hydrogen) atoms. The van der Waals surface area contributed by atoms with E-state index in [1.54, 1.807) is 12.5 Å². The van der Waals surface area contributed by atoms with E-state index < -0.39 is 5.82 Å². The van der Waals surface area contributed by atoms with E-state index in [-0.39, 0.29) is 11.6 Å². The maximum absolute atomic E-state index is 12.5. The van der Waals surface area contributed by atoms with Crippen molar-refractivity contribution < 1.29 is 9.50 Å². The lowest BCUT2D eigenvalue weighted by Gasteiger charge is -1.98. The van der Waals surface area contributed by atoms with Crippen LogP contribution in [0.1, 0.15) is 5.56 Å². The number of aliphatic hydroxyl groups excluding tert-OH is 1. The van der Waals surface area contributed by atoms with Crippen molar-refractivity contribution >= 4 is 11.6 Å². The molecule has 0 saturated carbocycles. The number of hydrogen-bond acceptors (Lipinski definition) is 1. The first kappa shape index (κ1) is 8.50. The Morgan fingerprint density at radius 3 is 2.82 bits per heavy atom. The Balaban J connectivity index is 2.86. The van der Waals surface area contributed by atoms with Gasteiger partial charge in [-0.15, -0.1) is 0 Å². The SMILES string of the molecule is OC[CH]c1ccc(F)c(Cl)c1. The minimum absolute atomic E-state index is 0.0675. The number of benzene rings is 1. The van der Waals surface area contributed by atoms with E-state index in [9.17, 15) is 4.39 Å². The van der Waals surface area contributed by atoms with Gasteiger partial charge in [-0.25, -0.2) is 4.39 Å². The minimum atomic E-state index is -0.443. The third-order valence-corrected chi connectivity index (χ3v) is 1.56. The van der Waals surface area contributed by atoms with Crippen molar-refractivity contribution in [2.45, 2.75) is 0 Å². The molecule has 0 bridgehead atoms. The molecule has 0 spiro atoms. The van der Waals surface area contributed by atoms with E-state index in [4.69, 9.17) is 16.7 Å². The molecule has 0 saturated heterocycles. The van der Waals surface area contributed by atoms with Crippen LogP contribution >= 0.6 is 11.6 Å². The third-order valence-electron chi connectivity index (χ3n) is 1.27. The first-order valence-corrected chi connectivity index (χ1v) is 3.51. The Morgan fingerprint density at radius 1 is 1.55 bits per heavy atom. The van der Waals surface area contributed by atoms with Gasteiger partial charge in [0.2, 0.25) is 0 Å². The Bertz CT molecular complexity index is 250. The second-order valence-corrected chi connectivity index (χ2v) is 2.47. The quantitative estimate of drug-likeness (QED) is 0.726. The first-order chi connectivity index (χ1) is 5.24. The predicted octanol–water partition coefficient (Wildman–Crippen LogP) is 2.02. The summed E-state index contributed by atoms with van der Waals surface area (Å²) < 4.78 is 12.5. The van der Waals surface area contributed by atoms with Crippen LogP contribution in [0.15, 0.2) is 18.2 Å². The molecule has 1 radical (unpaired) electrons. The van der Waals surface area contributed by atoms with Crippen molar-refractivity contribution in [2.24, 2.45) is 0 Å². The molecule has 59 valence electrons. The fraction of sp³-hybridized carbons (Fsp3) is 0.125. The molecule has 0 aromatic heterocycles. The fourth-order valence-corrected chi connectivity index (χ4v) is 0.934. The van der Waals surface area contributed by atoms with Crippen LogP contribution in [0.25, 0.3) is 0 Å². The van der Waals surface area contributed by atoms with Gasteiger partial charge in [-0.1, -0.05) is 17.7 Å². The second kappa shape index (κ2) is 3.69. The normalized spacial score (nSPS) is 10.1. The number of halogens is 2. The molecule has 0 amide bonds. The molecule has 0 aliphatic carbocycles. The van der Waals surface area contributed by atoms with Gasteiger partial charge in [-0.05, 0) is 17.7 Å². The molecule has 0 atom stereocenters. The molecule has 1 aromatic carbocycles. The van der Waals surface area contributed by atoms with Crippen LogP contribution in [-0.2, 0) is 0 Å². The largest absolute Gasteiger partial charge is 0.396 e. The van der Waals surface area contributed by atoms with Gasteiger partial charge in [0.1, 0.15) is 5.82 Å². The summed E-state index contributed by atoms with van der Waals surface area (Å²) in [6.07, 6.45) is 1.55. The zero-order chi connectivity index (χ0) is 8.27. The summed E-state index contributed by atoms with van der Waals surface area (Å²) >= 11 is 5.47. The van der Waals surface area contributed by atoms with Crippen molar-refractivity contribution in [2.75, 3.05) is 6.61 Å². The van der Waals surface area contributed by atoms with E-state index in [1.807, 2.05) is 0 Å². The molecule has 3 heteroatoms. The van der Waals surface area contributed by atoms with Crippen molar-refractivity contribution in [3.8, 4) is 0 Å². The summed E-state index contributed by atoms with van der Waals surface area (Å²) in [5.41, 5.74) is 0.721. The van der Waals surface area contributed by atoms with E-state index >= 15 is 0 Å². The molecule has 0 fully saturated rings. The second-order valence-electron chi connectivity index (χ2n) is 2.06. The number of aliphatic hydroxyl groups is 1. The topological polar surface area (TPSA) is 20.2 Å². The van der Waals surface area contributed by atoms with Crippen LogP contribution in [0, 0.1) is 12.2 Å². The van der Waals surface area contributed by atoms with E-state index in [1.165, 1.54) is 12.1 Å². The van der Waals surface area contributed by atoms with Gasteiger partial charge < -0.3 is 5.11 Å². The molecule has 0 heterocycles. The average Bonchev–Trinajstić information content (AvgIpc) is 1.98. The van der Waals surface area contributed by atoms with Gasteiger partial charge in [0, 0.05) is 6.42 Å². The lowest BCUT2D eigenvalue weighted by Crippen LogP contribution is -1.87. The van der Waals surface area contributed by atoms with Gasteiger partial charge in [-0.2, -0.15) is 0 Å². The highest BCUT2D eigenvalue weighted by molar-refractivity contribution is 6.30. The van der Waals surface area contributed by atoms with Crippen LogP contribution in [-0.4, -0.2) is 11.7 Å². The van der Waals surface area contributed by atoms with E-state index in [0.29, 0.717) is 0 Å². The fourth-order valence-electron chi connectivity index (χ4n) is 0.745. The zero-order valence-corrected chi connectivity index (χ0v) is 6.48. The maximum atomic E-state index is 12.5. The van der Waals surface area contributed by atoms with Crippen molar-refractivity contribution in [3.63, 3.8) is 0 Å². The van der Waals surface area contributed by atoms with Crippen LogP contribution in [0.2, 0.25) is 5.02 Å². The lowest BCUT2D eigenvalue weighted by molar-refractivity contribution is 0.331. The van der Waals surface area contributed by atoms with Gasteiger partial charge in [0.15, 0.2) is 0 Å². The summed E-state index contributed by atoms with van der Waals surface area (Å²) in [7, 11) is 0. The molecule has 0 aliphatic rings. The monoisotopic (exact) mass is 173 g/mol. The summed E-state index contributed by atoms with van der Waals surface area (Å²) in [5, 5.41) is 8.56. The van der Waals surface area contributed by atoms with Gasteiger partial charge in [-0.3, -0.25) is 0 Å². The smallest absolute Gasteiger partial charge is 0.141 e. The van der Waals surface area contributed by atoms with Gasteiger partial charge >= 0.3 is 0 Å². The molecule has 0 unspecified atom stereocenters. The zero-order valence-electron chi connectivity index (χ0n) is 5.72. The summed E-state index contributed by atoms with van der Waals surface area (Å²) in [6, 6.07) is 4.29. The minimum Gasteiger partial charge on any atom is -0.396 e. The van der Waals surface area contributed by atoms with E-state index in [0.717, 1.165) is 5.56 Å². The standard InChI is InChI=1S/C8H7ClFO/c9-7-5-6(3-4-11)1-2-8(7)10/h1-3,5,11H,4H2. The summed E-state index contributed by atoms with van der Waals surface area (Å²) in [4.78, 5) is 0. The molecule has 1 aromatic rings. The molecule has 0 aliphatic heterocycles. The highest BCUT2D eigenvalue weighted by Crippen LogP contribution is 2.16. The molecule has 1 rings (SSSR count). The highest BCUT2D eigenvalue weighted by Gasteiger charge is 1.99. The maximum Gasteiger partial charge on any atom is 0.141 e. The van der Waals surface area contributed by atoms with E-state index in [2.05, 4.69) is 0 Å². The molecule has 1 nitrogen and oxygen atoms in total. The van der Waals surface area contributed by atoms with Crippen molar-refractivity contribution in [1.82, 2.24) is 0 Å².